The smallest absolute Gasteiger partial charge is 0.337 e. The maximum absolute atomic E-state index is 11.8. The van der Waals surface area contributed by atoms with Crippen LogP contribution in [0, 0.1) is 0 Å². The van der Waals surface area contributed by atoms with Crippen LogP contribution >= 0.6 is 0 Å². The monoisotopic (exact) mass is 335 g/mol. The first-order valence-corrected chi connectivity index (χ1v) is 6.82. The molecule has 24 heavy (non-hydrogen) atoms. The summed E-state index contributed by atoms with van der Waals surface area (Å²) in [5.41, 5.74) is 0.272. The lowest BCUT2D eigenvalue weighted by atomic mass is 10.1. The summed E-state index contributed by atoms with van der Waals surface area (Å²) in [6.07, 6.45) is 2.64. The molecule has 8 heteroatoms. The molecule has 1 amide bonds. The van der Waals surface area contributed by atoms with Crippen molar-refractivity contribution in [3.8, 4) is 0 Å². The highest BCUT2D eigenvalue weighted by atomic mass is 16.5. The largest absolute Gasteiger partial charge is 0.465 e. The van der Waals surface area contributed by atoms with Crippen molar-refractivity contribution in [3.63, 3.8) is 0 Å². The number of hydrogen-bond donors (Lipinski definition) is 1. The number of methoxy groups -OCH3 is 2. The molecule has 8 nitrogen and oxygen atoms in total. The molecule has 1 aromatic rings. The van der Waals surface area contributed by atoms with Gasteiger partial charge in [0.25, 0.3) is 5.91 Å². The van der Waals surface area contributed by atoms with Crippen LogP contribution < -0.4 is 5.32 Å². The Balaban J connectivity index is 2.93. The lowest BCUT2D eigenvalue weighted by molar-refractivity contribution is -0.142. The zero-order valence-corrected chi connectivity index (χ0v) is 13.5. The van der Waals surface area contributed by atoms with Gasteiger partial charge in [0.15, 0.2) is 6.61 Å². The molecule has 0 radical (unpaired) electrons. The van der Waals surface area contributed by atoms with Gasteiger partial charge in [0.2, 0.25) is 0 Å². The van der Waals surface area contributed by atoms with Gasteiger partial charge in [0.05, 0.1) is 25.3 Å². The highest BCUT2D eigenvalue weighted by Gasteiger charge is 2.15. The molecule has 128 valence electrons. The first-order chi connectivity index (χ1) is 11.4. The molecule has 0 aliphatic rings. The molecular weight excluding hydrogens is 318 g/mol. The summed E-state index contributed by atoms with van der Waals surface area (Å²) in [4.78, 5) is 46.2. The van der Waals surface area contributed by atoms with Gasteiger partial charge in [-0.05, 0) is 25.1 Å². The maximum atomic E-state index is 11.8. The second kappa shape index (κ2) is 9.09. The predicted octanol–water partition coefficient (Wildman–Crippen LogP) is 1.32. The molecule has 0 aliphatic heterocycles. The molecule has 0 unspecified atom stereocenters. The number of allylic oxidation sites excluding steroid dienone is 1. The summed E-state index contributed by atoms with van der Waals surface area (Å²) in [6.45, 7) is 1.12. The molecule has 1 rings (SSSR count). The topological polar surface area (TPSA) is 108 Å². The summed E-state index contributed by atoms with van der Waals surface area (Å²) in [5.74, 6) is -2.66. The summed E-state index contributed by atoms with van der Waals surface area (Å²) in [6, 6.07) is 3.92. The zero-order chi connectivity index (χ0) is 18.1. The Labute approximate surface area is 138 Å². The number of anilines is 1. The second-order valence-electron chi connectivity index (χ2n) is 4.44. The third kappa shape index (κ3) is 5.56. The van der Waals surface area contributed by atoms with Crippen LogP contribution in [0.25, 0.3) is 0 Å². The van der Waals surface area contributed by atoms with E-state index < -0.39 is 30.4 Å². The minimum absolute atomic E-state index is 0.0570. The molecule has 0 aliphatic carbocycles. The van der Waals surface area contributed by atoms with Crippen LogP contribution in [0.4, 0.5) is 5.69 Å². The molecule has 0 atom stereocenters. The van der Waals surface area contributed by atoms with Crippen LogP contribution in [0.3, 0.4) is 0 Å². The summed E-state index contributed by atoms with van der Waals surface area (Å²) >= 11 is 0. The Bertz CT molecular complexity index is 645. The van der Waals surface area contributed by atoms with Crippen molar-refractivity contribution in [3.05, 3.63) is 41.5 Å². The van der Waals surface area contributed by atoms with E-state index in [-0.39, 0.29) is 16.8 Å². The fourth-order valence-corrected chi connectivity index (χ4v) is 1.69. The number of ether oxygens (including phenoxy) is 3. The van der Waals surface area contributed by atoms with Gasteiger partial charge in [-0.25, -0.2) is 14.4 Å². The number of amides is 1. The van der Waals surface area contributed by atoms with E-state index in [1.807, 2.05) is 0 Å². The molecule has 0 fully saturated rings. The zero-order valence-electron chi connectivity index (χ0n) is 13.5. The molecule has 0 heterocycles. The second-order valence-corrected chi connectivity index (χ2v) is 4.44. The van der Waals surface area contributed by atoms with E-state index in [4.69, 9.17) is 4.74 Å². The van der Waals surface area contributed by atoms with E-state index in [2.05, 4.69) is 14.8 Å². The van der Waals surface area contributed by atoms with Gasteiger partial charge in [-0.3, -0.25) is 4.79 Å². The molecule has 1 N–H and O–H groups in total. The van der Waals surface area contributed by atoms with Crippen LogP contribution in [-0.2, 0) is 23.8 Å². The maximum Gasteiger partial charge on any atom is 0.337 e. The van der Waals surface area contributed by atoms with Gasteiger partial charge in [0.1, 0.15) is 0 Å². The number of nitrogens with one attached hydrogen (secondary N) is 1. The third-order valence-corrected chi connectivity index (χ3v) is 2.71. The molecule has 0 bridgehead atoms. The van der Waals surface area contributed by atoms with E-state index in [0.29, 0.717) is 0 Å². The average Bonchev–Trinajstić information content (AvgIpc) is 2.58. The van der Waals surface area contributed by atoms with Gasteiger partial charge in [-0.1, -0.05) is 6.08 Å². The SMILES string of the molecule is C/C=C/C(=O)OCC(=O)Nc1cc(C(=O)OC)cc(C(=O)OC)c1. The van der Waals surface area contributed by atoms with Gasteiger partial charge in [-0.15, -0.1) is 0 Å². The highest BCUT2D eigenvalue weighted by molar-refractivity contribution is 6.00. The molecule has 0 saturated carbocycles. The van der Waals surface area contributed by atoms with E-state index in [1.54, 1.807) is 6.92 Å². The lowest BCUT2D eigenvalue weighted by Gasteiger charge is -2.09. The fraction of sp³-hybridized carbons (Fsp3) is 0.250. The van der Waals surface area contributed by atoms with Gasteiger partial charge < -0.3 is 19.5 Å². The van der Waals surface area contributed by atoms with Gasteiger partial charge in [-0.2, -0.15) is 0 Å². The van der Waals surface area contributed by atoms with E-state index >= 15 is 0 Å². The number of hydrogen-bond acceptors (Lipinski definition) is 7. The van der Waals surface area contributed by atoms with Crippen LogP contribution in [-0.4, -0.2) is 44.6 Å². The van der Waals surface area contributed by atoms with Crippen molar-refractivity contribution in [1.82, 2.24) is 0 Å². The first-order valence-electron chi connectivity index (χ1n) is 6.82. The minimum atomic E-state index is -0.684. The standard InChI is InChI=1S/C16H17NO7/c1-4-5-14(19)24-9-13(18)17-12-7-10(15(20)22-2)6-11(8-12)16(21)23-3/h4-8H,9H2,1-3H3,(H,17,18)/b5-4+. The van der Waals surface area contributed by atoms with E-state index in [0.717, 1.165) is 0 Å². The average molecular weight is 335 g/mol. The number of carbonyl (C=O) groups excluding carboxylic acids is 4. The van der Waals surface area contributed by atoms with Crippen LogP contribution in [0.15, 0.2) is 30.4 Å². The third-order valence-electron chi connectivity index (χ3n) is 2.71. The van der Waals surface area contributed by atoms with Crippen molar-refractivity contribution in [2.75, 3.05) is 26.1 Å². The summed E-state index contributed by atoms with van der Waals surface area (Å²) in [7, 11) is 2.37. The van der Waals surface area contributed by atoms with Crippen molar-refractivity contribution in [2.24, 2.45) is 0 Å². The van der Waals surface area contributed by atoms with Crippen molar-refractivity contribution in [2.45, 2.75) is 6.92 Å². The van der Waals surface area contributed by atoms with Crippen molar-refractivity contribution >= 4 is 29.5 Å². The summed E-state index contributed by atoms with van der Waals surface area (Å²) in [5, 5.41) is 2.42. The number of esters is 3. The first kappa shape index (κ1) is 18.9. The van der Waals surface area contributed by atoms with Gasteiger partial charge >= 0.3 is 17.9 Å². The Morgan fingerprint density at radius 2 is 1.54 bits per heavy atom. The molecule has 0 spiro atoms. The Kier molecular flexibility index (Phi) is 7.15. The molecule has 0 aromatic heterocycles. The highest BCUT2D eigenvalue weighted by Crippen LogP contribution is 2.17. The van der Waals surface area contributed by atoms with Crippen LogP contribution in [0.1, 0.15) is 27.6 Å². The van der Waals surface area contributed by atoms with Crippen LogP contribution in [0.5, 0.6) is 0 Å². The normalized spacial score (nSPS) is 10.1. The number of carbonyl (C=O) groups is 4. The van der Waals surface area contributed by atoms with E-state index in [9.17, 15) is 19.2 Å². The molecule has 0 saturated heterocycles. The summed E-state index contributed by atoms with van der Waals surface area (Å²) < 4.78 is 13.9. The minimum Gasteiger partial charge on any atom is -0.465 e. The van der Waals surface area contributed by atoms with Gasteiger partial charge in [0, 0.05) is 11.8 Å². The number of rotatable bonds is 6. The quantitative estimate of drug-likeness (QED) is 0.474. The van der Waals surface area contributed by atoms with Crippen LogP contribution in [0.2, 0.25) is 0 Å². The predicted molar refractivity (Wildman–Crippen MR) is 83.5 cm³/mol. The molecule has 1 aromatic carbocycles. The van der Waals surface area contributed by atoms with E-state index in [1.165, 1.54) is 44.6 Å². The van der Waals surface area contributed by atoms with Crippen molar-refractivity contribution < 1.29 is 33.4 Å². The van der Waals surface area contributed by atoms with Crippen molar-refractivity contribution in [1.29, 1.82) is 0 Å². The Morgan fingerprint density at radius 1 is 1.00 bits per heavy atom. The molecular formula is C16H17NO7. The Morgan fingerprint density at radius 3 is 2.00 bits per heavy atom. The Hall–Kier alpha value is -3.16. The fourth-order valence-electron chi connectivity index (χ4n) is 1.69. The number of benzene rings is 1. The lowest BCUT2D eigenvalue weighted by Crippen LogP contribution is -2.20.